The van der Waals surface area contributed by atoms with Crippen molar-refractivity contribution in [1.29, 1.82) is 0 Å². The first kappa shape index (κ1) is 16.5. The van der Waals surface area contributed by atoms with Gasteiger partial charge in [-0.1, -0.05) is 6.92 Å². The van der Waals surface area contributed by atoms with Gasteiger partial charge in [0.05, 0.1) is 11.8 Å². The van der Waals surface area contributed by atoms with Crippen LogP contribution in [0, 0.1) is 12.8 Å². The summed E-state index contributed by atoms with van der Waals surface area (Å²) in [4.78, 5) is 14.6. The Morgan fingerprint density at radius 3 is 2.83 bits per heavy atom. The van der Waals surface area contributed by atoms with Crippen molar-refractivity contribution in [3.63, 3.8) is 0 Å². The molecule has 0 radical (unpaired) electrons. The number of hydrogen-bond acceptors (Lipinski definition) is 4. The molecule has 1 aliphatic rings. The van der Waals surface area contributed by atoms with E-state index in [1.54, 1.807) is 0 Å². The highest BCUT2D eigenvalue weighted by molar-refractivity contribution is 6.04. The molecule has 6 nitrogen and oxygen atoms in total. The average molecular weight is 328 g/mol. The fourth-order valence-electron chi connectivity index (χ4n) is 2.93. The number of likely N-dealkylation sites (tertiary alicyclic amines) is 1. The van der Waals surface area contributed by atoms with E-state index in [-0.39, 0.29) is 5.91 Å². The molecule has 24 heavy (non-hydrogen) atoms. The SMILES string of the molecule is Cc1[nH]ncc1C(=O)Nc1ccc(OCCN2CC[C@@H](C)C2)cc1. The Kier molecular flexibility index (Phi) is 5.15. The van der Waals surface area contributed by atoms with Crippen molar-refractivity contribution >= 4 is 11.6 Å². The third kappa shape index (κ3) is 4.14. The molecule has 1 saturated heterocycles. The molecule has 2 N–H and O–H groups in total. The third-order valence-corrected chi connectivity index (χ3v) is 4.37. The number of aromatic nitrogens is 2. The molecule has 0 saturated carbocycles. The van der Waals surface area contributed by atoms with Crippen LogP contribution in [0.25, 0.3) is 0 Å². The van der Waals surface area contributed by atoms with E-state index in [1.165, 1.54) is 25.7 Å². The van der Waals surface area contributed by atoms with Crippen molar-refractivity contribution in [1.82, 2.24) is 15.1 Å². The first-order valence-corrected chi connectivity index (χ1v) is 8.38. The molecule has 0 unspecified atom stereocenters. The maximum atomic E-state index is 12.1. The van der Waals surface area contributed by atoms with Gasteiger partial charge in [0.25, 0.3) is 5.91 Å². The van der Waals surface area contributed by atoms with Gasteiger partial charge in [-0.05, 0) is 50.1 Å². The van der Waals surface area contributed by atoms with E-state index in [2.05, 4.69) is 27.3 Å². The van der Waals surface area contributed by atoms with Gasteiger partial charge in [-0.15, -0.1) is 0 Å². The van der Waals surface area contributed by atoms with Crippen LogP contribution in [0.2, 0.25) is 0 Å². The summed E-state index contributed by atoms with van der Waals surface area (Å²) in [5, 5.41) is 9.47. The van der Waals surface area contributed by atoms with Gasteiger partial charge in [0.2, 0.25) is 0 Å². The number of aryl methyl sites for hydroxylation is 1. The molecule has 2 aromatic rings. The smallest absolute Gasteiger partial charge is 0.259 e. The van der Waals surface area contributed by atoms with Gasteiger partial charge in [-0.3, -0.25) is 14.8 Å². The molecule has 1 aromatic carbocycles. The van der Waals surface area contributed by atoms with Gasteiger partial charge in [0.1, 0.15) is 12.4 Å². The lowest BCUT2D eigenvalue weighted by Gasteiger charge is -2.15. The molecule has 6 heteroatoms. The van der Waals surface area contributed by atoms with Crippen molar-refractivity contribution in [2.24, 2.45) is 5.92 Å². The monoisotopic (exact) mass is 328 g/mol. The first-order chi connectivity index (χ1) is 11.6. The average Bonchev–Trinajstić information content (AvgIpc) is 3.17. The third-order valence-electron chi connectivity index (χ3n) is 4.37. The summed E-state index contributed by atoms with van der Waals surface area (Å²) in [5.74, 6) is 1.45. The Labute approximate surface area is 142 Å². The Morgan fingerprint density at radius 2 is 2.21 bits per heavy atom. The van der Waals surface area contributed by atoms with Crippen molar-refractivity contribution < 1.29 is 9.53 Å². The second-order valence-electron chi connectivity index (χ2n) is 6.43. The largest absolute Gasteiger partial charge is 0.492 e. The minimum absolute atomic E-state index is 0.168. The normalized spacial score (nSPS) is 17.8. The number of H-pyrrole nitrogens is 1. The lowest BCUT2D eigenvalue weighted by molar-refractivity contribution is 0.102. The van der Waals surface area contributed by atoms with Crippen LogP contribution in [0.3, 0.4) is 0 Å². The molecule has 0 spiro atoms. The Bertz CT molecular complexity index is 681. The van der Waals surface area contributed by atoms with Crippen molar-refractivity contribution in [3.05, 3.63) is 41.7 Å². The number of hydrogen-bond donors (Lipinski definition) is 2. The van der Waals surface area contributed by atoms with E-state index < -0.39 is 0 Å². The van der Waals surface area contributed by atoms with Crippen LogP contribution in [-0.2, 0) is 0 Å². The summed E-state index contributed by atoms with van der Waals surface area (Å²) in [5.41, 5.74) is 2.04. The summed E-state index contributed by atoms with van der Waals surface area (Å²) in [7, 11) is 0. The minimum Gasteiger partial charge on any atom is -0.492 e. The summed E-state index contributed by atoms with van der Waals surface area (Å²) >= 11 is 0. The predicted molar refractivity (Wildman–Crippen MR) is 93.4 cm³/mol. The lowest BCUT2D eigenvalue weighted by Crippen LogP contribution is -2.25. The second kappa shape index (κ2) is 7.49. The molecule has 0 bridgehead atoms. The van der Waals surface area contributed by atoms with Gasteiger partial charge < -0.3 is 10.1 Å². The number of carbonyl (C=O) groups excluding carboxylic acids is 1. The zero-order chi connectivity index (χ0) is 16.9. The van der Waals surface area contributed by atoms with E-state index in [9.17, 15) is 4.79 Å². The first-order valence-electron chi connectivity index (χ1n) is 8.38. The van der Waals surface area contributed by atoms with Crippen LogP contribution in [0.4, 0.5) is 5.69 Å². The quantitative estimate of drug-likeness (QED) is 0.855. The summed E-state index contributed by atoms with van der Waals surface area (Å²) in [6.07, 6.45) is 2.81. The van der Waals surface area contributed by atoms with Crippen LogP contribution < -0.4 is 10.1 Å². The van der Waals surface area contributed by atoms with Crippen LogP contribution in [-0.4, -0.2) is 47.2 Å². The minimum atomic E-state index is -0.168. The van der Waals surface area contributed by atoms with Crippen LogP contribution in [0.15, 0.2) is 30.5 Å². The molecule has 2 heterocycles. The number of rotatable bonds is 6. The van der Waals surface area contributed by atoms with E-state index in [0.29, 0.717) is 12.2 Å². The number of aromatic amines is 1. The topological polar surface area (TPSA) is 70.2 Å². The van der Waals surface area contributed by atoms with Gasteiger partial charge in [-0.2, -0.15) is 5.10 Å². The van der Waals surface area contributed by atoms with E-state index in [0.717, 1.165) is 29.6 Å². The lowest BCUT2D eigenvalue weighted by atomic mass is 10.2. The van der Waals surface area contributed by atoms with E-state index in [1.807, 2.05) is 31.2 Å². The summed E-state index contributed by atoms with van der Waals surface area (Å²) < 4.78 is 5.79. The van der Waals surface area contributed by atoms with Crippen LogP contribution in [0.5, 0.6) is 5.75 Å². The van der Waals surface area contributed by atoms with Crippen molar-refractivity contribution in [2.75, 3.05) is 31.6 Å². The molecule has 1 amide bonds. The molecule has 1 aliphatic heterocycles. The molecule has 1 aromatic heterocycles. The van der Waals surface area contributed by atoms with Crippen LogP contribution in [0.1, 0.15) is 29.4 Å². The van der Waals surface area contributed by atoms with Crippen LogP contribution >= 0.6 is 0 Å². The summed E-state index contributed by atoms with van der Waals surface area (Å²) in [6.45, 7) is 8.10. The van der Waals surface area contributed by atoms with Gasteiger partial charge in [0.15, 0.2) is 0 Å². The molecule has 3 rings (SSSR count). The molecule has 1 atom stereocenters. The van der Waals surface area contributed by atoms with Crippen molar-refractivity contribution in [2.45, 2.75) is 20.3 Å². The number of anilines is 1. The van der Waals surface area contributed by atoms with Gasteiger partial charge in [0, 0.05) is 24.5 Å². The highest BCUT2D eigenvalue weighted by atomic mass is 16.5. The number of nitrogens with zero attached hydrogens (tertiary/aromatic N) is 2. The number of amides is 1. The number of nitrogens with one attached hydrogen (secondary N) is 2. The summed E-state index contributed by atoms with van der Waals surface area (Å²) in [6, 6.07) is 7.45. The zero-order valence-corrected chi connectivity index (χ0v) is 14.2. The predicted octanol–water partition coefficient (Wildman–Crippen LogP) is 2.69. The maximum Gasteiger partial charge on any atom is 0.259 e. The molecule has 1 fully saturated rings. The molecular formula is C18H24N4O2. The number of carbonyl (C=O) groups is 1. The van der Waals surface area contributed by atoms with Gasteiger partial charge in [-0.25, -0.2) is 0 Å². The maximum absolute atomic E-state index is 12.1. The molecular weight excluding hydrogens is 304 g/mol. The van der Waals surface area contributed by atoms with Crippen molar-refractivity contribution in [3.8, 4) is 5.75 Å². The number of benzene rings is 1. The standard InChI is InChI=1S/C18H24N4O2/c1-13-7-8-22(12-13)9-10-24-16-5-3-15(4-6-16)20-18(23)17-11-19-21-14(17)2/h3-6,11,13H,7-10,12H2,1-2H3,(H,19,21)(H,20,23)/t13-/m1/s1. The van der Waals surface area contributed by atoms with E-state index >= 15 is 0 Å². The Morgan fingerprint density at radius 1 is 1.42 bits per heavy atom. The highest BCUT2D eigenvalue weighted by Crippen LogP contribution is 2.18. The number of ether oxygens (including phenoxy) is 1. The fourth-order valence-corrected chi connectivity index (χ4v) is 2.93. The molecule has 0 aliphatic carbocycles. The Hall–Kier alpha value is -2.34. The highest BCUT2D eigenvalue weighted by Gasteiger charge is 2.17. The van der Waals surface area contributed by atoms with E-state index in [4.69, 9.17) is 4.74 Å². The Balaban J connectivity index is 1.46. The fraction of sp³-hybridized carbons (Fsp3) is 0.444. The molecule has 128 valence electrons. The van der Waals surface area contributed by atoms with Gasteiger partial charge >= 0.3 is 0 Å². The second-order valence-corrected chi connectivity index (χ2v) is 6.43. The zero-order valence-electron chi connectivity index (χ0n) is 14.2.